The average Bonchev–Trinajstić information content (AvgIpc) is 3.17. The van der Waals surface area contributed by atoms with Gasteiger partial charge in [-0.05, 0) is 44.1 Å². The van der Waals surface area contributed by atoms with E-state index in [9.17, 15) is 9.59 Å². The largest absolute Gasteiger partial charge is 0.340 e. The molecule has 2 aromatic rings. The summed E-state index contributed by atoms with van der Waals surface area (Å²) in [6.45, 7) is 3.66. The minimum Gasteiger partial charge on any atom is -0.340 e. The van der Waals surface area contributed by atoms with Crippen LogP contribution in [0.4, 0.5) is 0 Å². The van der Waals surface area contributed by atoms with Crippen LogP contribution in [0.1, 0.15) is 67.6 Å². The monoisotopic (exact) mass is 428 g/mol. The molecule has 162 valence electrons. The van der Waals surface area contributed by atoms with E-state index in [1.165, 1.54) is 49.0 Å². The molecule has 7 heteroatoms. The van der Waals surface area contributed by atoms with E-state index in [1.54, 1.807) is 11.3 Å². The summed E-state index contributed by atoms with van der Waals surface area (Å²) in [6.07, 6.45) is 12.1. The zero-order valence-electron chi connectivity index (χ0n) is 17.8. The van der Waals surface area contributed by atoms with Crippen molar-refractivity contribution in [3.63, 3.8) is 0 Å². The van der Waals surface area contributed by atoms with Gasteiger partial charge in [0.05, 0.1) is 5.39 Å². The molecule has 5 rings (SSSR count). The number of aromatic amines is 1. The van der Waals surface area contributed by atoms with Crippen molar-refractivity contribution < 1.29 is 4.79 Å². The van der Waals surface area contributed by atoms with Crippen molar-refractivity contribution in [2.45, 2.75) is 76.7 Å². The van der Waals surface area contributed by atoms with Crippen LogP contribution in [-0.2, 0) is 24.1 Å². The van der Waals surface area contributed by atoms with Crippen LogP contribution >= 0.6 is 11.3 Å². The third-order valence-electron chi connectivity index (χ3n) is 7.21. The molecule has 3 heterocycles. The average molecular weight is 429 g/mol. The van der Waals surface area contributed by atoms with Gasteiger partial charge < -0.3 is 9.88 Å². The van der Waals surface area contributed by atoms with Gasteiger partial charge in [0.1, 0.15) is 10.7 Å². The molecule has 2 fully saturated rings. The molecule has 0 aromatic carbocycles. The second-order valence-corrected chi connectivity index (χ2v) is 10.2. The molecule has 0 bridgehead atoms. The number of piperazine rings is 1. The molecule has 1 saturated heterocycles. The Hall–Kier alpha value is -1.73. The van der Waals surface area contributed by atoms with Crippen molar-refractivity contribution in [3.05, 3.63) is 26.6 Å². The molecule has 2 aromatic heterocycles. The van der Waals surface area contributed by atoms with Crippen molar-refractivity contribution in [2.75, 3.05) is 26.2 Å². The molecule has 0 unspecified atom stereocenters. The number of hydrogen-bond donors (Lipinski definition) is 1. The first-order valence-electron chi connectivity index (χ1n) is 11.7. The zero-order valence-corrected chi connectivity index (χ0v) is 18.6. The number of carbonyl (C=O) groups excluding carboxylic acids is 1. The predicted molar refractivity (Wildman–Crippen MR) is 120 cm³/mol. The van der Waals surface area contributed by atoms with Crippen LogP contribution in [0.2, 0.25) is 0 Å². The van der Waals surface area contributed by atoms with Crippen LogP contribution < -0.4 is 5.56 Å². The predicted octanol–water partition coefficient (Wildman–Crippen LogP) is 3.27. The molecule has 1 aliphatic heterocycles. The molecular formula is C23H32N4O2S. The molecule has 0 radical (unpaired) electrons. The lowest BCUT2D eigenvalue weighted by atomic mass is 9.94. The second kappa shape index (κ2) is 8.79. The van der Waals surface area contributed by atoms with Crippen molar-refractivity contribution in [3.8, 4) is 0 Å². The molecule has 6 nitrogen and oxygen atoms in total. The van der Waals surface area contributed by atoms with Crippen LogP contribution in [0.25, 0.3) is 10.2 Å². The Balaban J connectivity index is 1.18. The van der Waals surface area contributed by atoms with E-state index in [1.807, 2.05) is 4.90 Å². The fourth-order valence-corrected chi connectivity index (χ4v) is 6.77. The van der Waals surface area contributed by atoms with Gasteiger partial charge in [0.25, 0.3) is 5.56 Å². The van der Waals surface area contributed by atoms with Gasteiger partial charge in [-0.25, -0.2) is 4.98 Å². The lowest BCUT2D eigenvalue weighted by Gasteiger charge is -2.40. The van der Waals surface area contributed by atoms with E-state index in [4.69, 9.17) is 4.98 Å². The minimum atomic E-state index is -0.0251. The second-order valence-electron chi connectivity index (χ2n) is 9.11. The summed E-state index contributed by atoms with van der Waals surface area (Å²) >= 11 is 1.67. The van der Waals surface area contributed by atoms with E-state index in [0.29, 0.717) is 18.7 Å². The first-order chi connectivity index (χ1) is 14.7. The maximum absolute atomic E-state index is 12.8. The maximum atomic E-state index is 12.8. The Bertz CT molecular complexity index is 967. The number of H-pyrrole nitrogens is 1. The van der Waals surface area contributed by atoms with Crippen LogP contribution in [0.3, 0.4) is 0 Å². The number of aromatic nitrogens is 2. The van der Waals surface area contributed by atoms with E-state index in [-0.39, 0.29) is 11.5 Å². The van der Waals surface area contributed by atoms with Crippen LogP contribution in [0.15, 0.2) is 4.79 Å². The Kier molecular flexibility index (Phi) is 5.92. The fraction of sp³-hybridized carbons (Fsp3) is 0.696. The summed E-state index contributed by atoms with van der Waals surface area (Å²) in [6, 6.07) is 0.730. The van der Waals surface area contributed by atoms with Crippen LogP contribution in [0, 0.1) is 0 Å². The number of aryl methyl sites for hydroxylation is 3. The van der Waals surface area contributed by atoms with E-state index in [2.05, 4.69) is 9.88 Å². The van der Waals surface area contributed by atoms with Gasteiger partial charge in [-0.3, -0.25) is 14.5 Å². The summed E-state index contributed by atoms with van der Waals surface area (Å²) in [7, 11) is 0. The summed E-state index contributed by atoms with van der Waals surface area (Å²) < 4.78 is 0. The Labute approximate surface area is 181 Å². The number of thiophene rings is 1. The first-order valence-corrected chi connectivity index (χ1v) is 12.6. The number of nitrogens with zero attached hydrogens (tertiary/aromatic N) is 3. The topological polar surface area (TPSA) is 69.3 Å². The molecule has 30 heavy (non-hydrogen) atoms. The number of hydrogen-bond acceptors (Lipinski definition) is 5. The van der Waals surface area contributed by atoms with Gasteiger partial charge in [-0.1, -0.05) is 19.3 Å². The lowest BCUT2D eigenvalue weighted by molar-refractivity contribution is -0.133. The zero-order chi connectivity index (χ0) is 20.5. The van der Waals surface area contributed by atoms with Crippen LogP contribution in [-0.4, -0.2) is 57.9 Å². The summed E-state index contributed by atoms with van der Waals surface area (Å²) in [5.41, 5.74) is 1.19. The smallest absolute Gasteiger partial charge is 0.259 e. The maximum Gasteiger partial charge on any atom is 0.259 e. The highest BCUT2D eigenvalue weighted by molar-refractivity contribution is 7.18. The third-order valence-corrected chi connectivity index (χ3v) is 8.39. The van der Waals surface area contributed by atoms with E-state index >= 15 is 0 Å². The SMILES string of the molecule is O=C(CCc1nc2sc3c(c2c(=O)[nH]1)CCCC3)N1CCN(C2CCCCC2)CC1. The van der Waals surface area contributed by atoms with E-state index in [0.717, 1.165) is 61.7 Å². The highest BCUT2D eigenvalue weighted by Gasteiger charge is 2.27. The lowest BCUT2D eigenvalue weighted by Crippen LogP contribution is -2.52. The van der Waals surface area contributed by atoms with Crippen molar-refractivity contribution in [2.24, 2.45) is 0 Å². The molecule has 0 spiro atoms. The van der Waals surface area contributed by atoms with Gasteiger partial charge in [-0.15, -0.1) is 11.3 Å². The summed E-state index contributed by atoms with van der Waals surface area (Å²) in [5.74, 6) is 0.840. The molecule has 0 atom stereocenters. The minimum absolute atomic E-state index is 0.0251. The highest BCUT2D eigenvalue weighted by atomic mass is 32.1. The quantitative estimate of drug-likeness (QED) is 0.811. The number of nitrogens with one attached hydrogen (secondary N) is 1. The Morgan fingerprint density at radius 3 is 2.60 bits per heavy atom. The van der Waals surface area contributed by atoms with Crippen molar-refractivity contribution in [1.29, 1.82) is 0 Å². The molecule has 1 N–H and O–H groups in total. The van der Waals surface area contributed by atoms with Gasteiger partial charge in [-0.2, -0.15) is 0 Å². The summed E-state index contributed by atoms with van der Waals surface area (Å²) in [5, 5.41) is 0.795. The first kappa shape index (κ1) is 20.2. The molecular weight excluding hydrogens is 396 g/mol. The molecule has 2 aliphatic carbocycles. The van der Waals surface area contributed by atoms with Gasteiger partial charge in [0, 0.05) is 49.9 Å². The number of fused-ring (bicyclic) bond motifs is 3. The number of rotatable bonds is 4. The van der Waals surface area contributed by atoms with E-state index < -0.39 is 0 Å². The number of amides is 1. The Morgan fingerprint density at radius 2 is 1.80 bits per heavy atom. The van der Waals surface area contributed by atoms with Crippen molar-refractivity contribution >= 4 is 27.5 Å². The molecule has 1 amide bonds. The van der Waals surface area contributed by atoms with Crippen molar-refractivity contribution in [1.82, 2.24) is 19.8 Å². The third kappa shape index (κ3) is 4.06. The number of carbonyl (C=O) groups is 1. The van der Waals surface area contributed by atoms with Crippen LogP contribution in [0.5, 0.6) is 0 Å². The Morgan fingerprint density at radius 1 is 1.03 bits per heavy atom. The van der Waals surface area contributed by atoms with Gasteiger partial charge >= 0.3 is 0 Å². The highest BCUT2D eigenvalue weighted by Crippen LogP contribution is 2.33. The van der Waals surface area contributed by atoms with Gasteiger partial charge in [0.2, 0.25) is 5.91 Å². The fourth-order valence-electron chi connectivity index (χ4n) is 5.49. The standard InChI is InChI=1S/C23H32N4O2S/c28-20(27-14-12-26(13-15-27)16-6-2-1-3-7-16)11-10-19-24-22(29)21-17-8-4-5-9-18(17)30-23(21)25-19/h16H,1-15H2,(H,24,25,29). The summed E-state index contributed by atoms with van der Waals surface area (Å²) in [4.78, 5) is 39.9. The van der Waals surface area contributed by atoms with Gasteiger partial charge in [0.15, 0.2) is 0 Å². The normalized spacial score (nSPS) is 21.1. The molecule has 3 aliphatic rings. The molecule has 1 saturated carbocycles.